The Hall–Kier alpha value is -1.71. The number of carbonyl (C=O) groups is 1. The summed E-state index contributed by atoms with van der Waals surface area (Å²) in [6.45, 7) is 6.35. The van der Waals surface area contributed by atoms with Gasteiger partial charge >= 0.3 is 0 Å². The number of nitrogens with zero attached hydrogens (tertiary/aromatic N) is 1. The zero-order valence-corrected chi connectivity index (χ0v) is 12.5. The zero-order chi connectivity index (χ0) is 14.5. The van der Waals surface area contributed by atoms with Crippen LogP contribution in [0.3, 0.4) is 0 Å². The Morgan fingerprint density at radius 1 is 1.40 bits per heavy atom. The van der Waals surface area contributed by atoms with Crippen LogP contribution in [0.1, 0.15) is 37.0 Å². The van der Waals surface area contributed by atoms with E-state index in [-0.39, 0.29) is 5.91 Å². The first-order valence-corrected chi connectivity index (χ1v) is 7.25. The Balaban J connectivity index is 2.19. The maximum Gasteiger partial charge on any atom is 0.254 e. The molecule has 20 heavy (non-hydrogen) atoms. The van der Waals surface area contributed by atoms with E-state index in [0.29, 0.717) is 29.6 Å². The molecule has 1 aliphatic heterocycles. The van der Waals surface area contributed by atoms with Gasteiger partial charge in [-0.25, -0.2) is 0 Å². The van der Waals surface area contributed by atoms with E-state index in [0.717, 1.165) is 19.5 Å². The molecular weight excluding hydrogens is 254 g/mol. The molecule has 0 aromatic heterocycles. The highest BCUT2D eigenvalue weighted by Crippen LogP contribution is 2.29. The normalized spacial score (nSPS) is 18.8. The zero-order valence-electron chi connectivity index (χ0n) is 12.5. The first kappa shape index (κ1) is 14.7. The molecule has 0 radical (unpaired) electrons. The van der Waals surface area contributed by atoms with Crippen molar-refractivity contribution in [1.82, 2.24) is 4.90 Å². The van der Waals surface area contributed by atoms with Crippen LogP contribution >= 0.6 is 0 Å². The Kier molecular flexibility index (Phi) is 4.88. The number of amides is 1. The first-order valence-electron chi connectivity index (χ1n) is 7.25. The first-order chi connectivity index (χ1) is 9.65. The third kappa shape index (κ3) is 3.24. The summed E-state index contributed by atoms with van der Waals surface area (Å²) >= 11 is 0. The maximum absolute atomic E-state index is 12.5. The molecular formula is C16H23NO3. The second-order valence-corrected chi connectivity index (χ2v) is 5.30. The molecule has 1 heterocycles. The molecule has 4 heteroatoms. The van der Waals surface area contributed by atoms with Gasteiger partial charge in [-0.2, -0.15) is 0 Å². The van der Waals surface area contributed by atoms with E-state index in [9.17, 15) is 4.79 Å². The summed E-state index contributed by atoms with van der Waals surface area (Å²) in [6, 6.07) is 5.39. The Bertz CT molecular complexity index is 473. The van der Waals surface area contributed by atoms with Gasteiger partial charge < -0.3 is 14.4 Å². The second-order valence-electron chi connectivity index (χ2n) is 5.30. The monoisotopic (exact) mass is 277 g/mol. The summed E-state index contributed by atoms with van der Waals surface area (Å²) < 4.78 is 10.8. The Labute approximate surface area is 120 Å². The van der Waals surface area contributed by atoms with E-state index in [1.807, 2.05) is 17.9 Å². The Morgan fingerprint density at radius 3 is 2.85 bits per heavy atom. The number of ether oxygens (including phenoxy) is 2. The van der Waals surface area contributed by atoms with Crippen molar-refractivity contribution in [2.24, 2.45) is 5.92 Å². The molecule has 4 nitrogen and oxygen atoms in total. The van der Waals surface area contributed by atoms with Gasteiger partial charge in [0.1, 0.15) is 0 Å². The van der Waals surface area contributed by atoms with Crippen molar-refractivity contribution in [1.29, 1.82) is 0 Å². The predicted octanol–water partition coefficient (Wildman–Crippen LogP) is 2.97. The van der Waals surface area contributed by atoms with Gasteiger partial charge in [-0.15, -0.1) is 0 Å². The summed E-state index contributed by atoms with van der Waals surface area (Å²) in [5.41, 5.74) is 0.670. The van der Waals surface area contributed by atoms with Gasteiger partial charge in [-0.1, -0.05) is 6.92 Å². The predicted molar refractivity (Wildman–Crippen MR) is 78.5 cm³/mol. The van der Waals surface area contributed by atoms with Crippen LogP contribution in [-0.4, -0.2) is 37.6 Å². The van der Waals surface area contributed by atoms with Crippen molar-refractivity contribution < 1.29 is 14.3 Å². The van der Waals surface area contributed by atoms with E-state index in [1.165, 1.54) is 6.42 Å². The summed E-state index contributed by atoms with van der Waals surface area (Å²) in [5, 5.41) is 0. The fourth-order valence-electron chi connectivity index (χ4n) is 2.63. The van der Waals surface area contributed by atoms with Crippen LogP contribution < -0.4 is 9.47 Å². The van der Waals surface area contributed by atoms with E-state index in [2.05, 4.69) is 6.92 Å². The molecule has 1 atom stereocenters. The summed E-state index contributed by atoms with van der Waals surface area (Å²) in [4.78, 5) is 14.5. The topological polar surface area (TPSA) is 38.8 Å². The highest BCUT2D eigenvalue weighted by molar-refractivity contribution is 5.95. The fraction of sp³-hybridized carbons (Fsp3) is 0.562. The fourth-order valence-corrected chi connectivity index (χ4v) is 2.63. The summed E-state index contributed by atoms with van der Waals surface area (Å²) in [6.07, 6.45) is 2.29. The second kappa shape index (κ2) is 6.64. The number of carbonyl (C=O) groups excluding carboxylic acids is 1. The molecule has 0 bridgehead atoms. The van der Waals surface area contributed by atoms with Gasteiger partial charge in [0.05, 0.1) is 13.7 Å². The molecule has 1 aromatic carbocycles. The lowest BCUT2D eigenvalue weighted by molar-refractivity contribution is 0.0682. The van der Waals surface area contributed by atoms with Crippen LogP contribution in [0.2, 0.25) is 0 Å². The van der Waals surface area contributed by atoms with Crippen molar-refractivity contribution in [3.05, 3.63) is 23.8 Å². The number of benzene rings is 1. The van der Waals surface area contributed by atoms with Crippen LogP contribution in [0.15, 0.2) is 18.2 Å². The van der Waals surface area contributed by atoms with Crippen molar-refractivity contribution >= 4 is 5.91 Å². The molecule has 0 N–H and O–H groups in total. The highest BCUT2D eigenvalue weighted by Gasteiger charge is 2.22. The molecule has 1 saturated heterocycles. The lowest BCUT2D eigenvalue weighted by Crippen LogP contribution is -2.39. The standard InChI is InChI=1S/C16H23NO3/c1-4-20-15-10-13(7-8-14(15)19-3)16(18)17-9-5-6-12(2)11-17/h7-8,10,12H,4-6,9,11H2,1-3H3. The van der Waals surface area contributed by atoms with Crippen molar-refractivity contribution in [3.8, 4) is 11.5 Å². The average molecular weight is 277 g/mol. The van der Waals surface area contributed by atoms with Gasteiger partial charge in [0.25, 0.3) is 5.91 Å². The summed E-state index contributed by atoms with van der Waals surface area (Å²) in [7, 11) is 1.60. The molecule has 0 spiro atoms. The quantitative estimate of drug-likeness (QED) is 0.849. The number of rotatable bonds is 4. The minimum atomic E-state index is 0.0835. The molecule has 0 saturated carbocycles. The molecule has 1 unspecified atom stereocenters. The van der Waals surface area contributed by atoms with Crippen molar-refractivity contribution in [2.75, 3.05) is 26.8 Å². The molecule has 1 aromatic rings. The Morgan fingerprint density at radius 2 is 2.20 bits per heavy atom. The minimum absolute atomic E-state index is 0.0835. The number of hydrogen-bond acceptors (Lipinski definition) is 3. The molecule has 1 fully saturated rings. The van der Waals surface area contributed by atoms with E-state index in [1.54, 1.807) is 19.2 Å². The third-order valence-electron chi connectivity index (χ3n) is 3.65. The van der Waals surface area contributed by atoms with Crippen LogP contribution in [0, 0.1) is 5.92 Å². The molecule has 1 amide bonds. The van der Waals surface area contributed by atoms with Crippen LogP contribution in [0.5, 0.6) is 11.5 Å². The average Bonchev–Trinajstić information content (AvgIpc) is 2.47. The van der Waals surface area contributed by atoms with E-state index >= 15 is 0 Å². The lowest BCUT2D eigenvalue weighted by atomic mass is 9.99. The smallest absolute Gasteiger partial charge is 0.254 e. The largest absolute Gasteiger partial charge is 0.493 e. The van der Waals surface area contributed by atoms with Crippen LogP contribution in [0.25, 0.3) is 0 Å². The summed E-state index contributed by atoms with van der Waals surface area (Å²) in [5.74, 6) is 1.96. The van der Waals surface area contributed by atoms with Crippen LogP contribution in [-0.2, 0) is 0 Å². The molecule has 0 aliphatic carbocycles. The minimum Gasteiger partial charge on any atom is -0.493 e. The third-order valence-corrected chi connectivity index (χ3v) is 3.65. The number of likely N-dealkylation sites (tertiary alicyclic amines) is 1. The van der Waals surface area contributed by atoms with Gasteiger partial charge in [0.2, 0.25) is 0 Å². The lowest BCUT2D eigenvalue weighted by Gasteiger charge is -2.31. The number of methoxy groups -OCH3 is 1. The number of piperidine rings is 1. The van der Waals surface area contributed by atoms with Gasteiger partial charge in [0.15, 0.2) is 11.5 Å². The van der Waals surface area contributed by atoms with Gasteiger partial charge in [0, 0.05) is 18.7 Å². The van der Waals surface area contributed by atoms with Gasteiger partial charge in [-0.05, 0) is 43.9 Å². The number of hydrogen-bond donors (Lipinski definition) is 0. The maximum atomic E-state index is 12.5. The van der Waals surface area contributed by atoms with E-state index < -0.39 is 0 Å². The molecule has 110 valence electrons. The van der Waals surface area contributed by atoms with Crippen molar-refractivity contribution in [2.45, 2.75) is 26.7 Å². The highest BCUT2D eigenvalue weighted by atomic mass is 16.5. The van der Waals surface area contributed by atoms with E-state index in [4.69, 9.17) is 9.47 Å². The molecule has 2 rings (SSSR count). The van der Waals surface area contributed by atoms with Crippen molar-refractivity contribution in [3.63, 3.8) is 0 Å². The SMILES string of the molecule is CCOc1cc(C(=O)N2CCCC(C)C2)ccc1OC. The van der Waals surface area contributed by atoms with Crippen LogP contribution in [0.4, 0.5) is 0 Å². The van der Waals surface area contributed by atoms with Gasteiger partial charge in [-0.3, -0.25) is 4.79 Å². The molecule has 1 aliphatic rings.